The first-order valence-electron chi connectivity index (χ1n) is 9.81. The number of likely N-dealkylation sites (tertiary alicyclic amines) is 1. The molecule has 1 aliphatic rings. The number of rotatable bonds is 6. The van der Waals surface area contributed by atoms with Crippen molar-refractivity contribution in [2.45, 2.75) is 44.6 Å². The Labute approximate surface area is 163 Å². The van der Waals surface area contributed by atoms with E-state index >= 15 is 0 Å². The van der Waals surface area contributed by atoms with Crippen molar-refractivity contribution in [2.75, 3.05) is 25.4 Å². The van der Waals surface area contributed by atoms with E-state index in [0.717, 1.165) is 23.3 Å². The molecule has 0 spiro atoms. The third kappa shape index (κ3) is 4.43. The first-order chi connectivity index (χ1) is 12.9. The van der Waals surface area contributed by atoms with E-state index in [-0.39, 0.29) is 11.2 Å². The number of nitrogens with one attached hydrogen (secondary N) is 1. The summed E-state index contributed by atoms with van der Waals surface area (Å²) in [5.74, 6) is 2.02. The SMILES string of the molecule is CC(C)Cc1nc(SCC[NH+]2CCCCC2)c2c(=O)n(C)c(=O)n(C)c2n1. The molecular weight excluding hydrogens is 362 g/mol. The average molecular weight is 393 g/mol. The van der Waals surface area contributed by atoms with Crippen molar-refractivity contribution in [3.05, 3.63) is 26.7 Å². The van der Waals surface area contributed by atoms with Crippen LogP contribution in [0.1, 0.15) is 38.9 Å². The van der Waals surface area contributed by atoms with Crippen LogP contribution in [0.5, 0.6) is 0 Å². The number of piperidine rings is 1. The second-order valence-electron chi connectivity index (χ2n) is 7.86. The number of hydrogen-bond acceptors (Lipinski definition) is 5. The van der Waals surface area contributed by atoms with Crippen LogP contribution in [-0.4, -0.2) is 44.5 Å². The van der Waals surface area contributed by atoms with Gasteiger partial charge in [-0.3, -0.25) is 13.9 Å². The number of nitrogens with zero attached hydrogens (tertiary/aromatic N) is 4. The van der Waals surface area contributed by atoms with Crippen molar-refractivity contribution < 1.29 is 4.90 Å². The predicted molar refractivity (Wildman–Crippen MR) is 109 cm³/mol. The van der Waals surface area contributed by atoms with Gasteiger partial charge < -0.3 is 4.90 Å². The van der Waals surface area contributed by atoms with Crippen molar-refractivity contribution in [3.63, 3.8) is 0 Å². The highest BCUT2D eigenvalue weighted by Crippen LogP contribution is 2.22. The van der Waals surface area contributed by atoms with E-state index in [1.807, 2.05) is 0 Å². The maximum absolute atomic E-state index is 12.8. The molecular formula is C19H30N5O2S+. The Kier molecular flexibility index (Phi) is 6.37. The Morgan fingerprint density at radius 2 is 1.78 bits per heavy atom. The molecule has 0 aromatic carbocycles. The van der Waals surface area contributed by atoms with E-state index in [1.165, 1.54) is 44.0 Å². The second-order valence-corrected chi connectivity index (χ2v) is 8.94. The van der Waals surface area contributed by atoms with E-state index in [0.29, 0.717) is 27.8 Å². The number of aryl methyl sites for hydroxylation is 1. The van der Waals surface area contributed by atoms with Crippen molar-refractivity contribution in [1.29, 1.82) is 0 Å². The fourth-order valence-electron chi connectivity index (χ4n) is 3.63. The molecule has 0 atom stereocenters. The van der Waals surface area contributed by atoms with Crippen molar-refractivity contribution in [2.24, 2.45) is 20.0 Å². The Morgan fingerprint density at radius 3 is 2.44 bits per heavy atom. The van der Waals surface area contributed by atoms with E-state index in [9.17, 15) is 9.59 Å². The maximum atomic E-state index is 12.8. The minimum atomic E-state index is -0.351. The summed E-state index contributed by atoms with van der Waals surface area (Å²) < 4.78 is 2.61. The van der Waals surface area contributed by atoms with Crippen molar-refractivity contribution >= 4 is 22.8 Å². The number of aromatic nitrogens is 4. The standard InChI is InChI=1S/C19H29N5O2S/c1-13(2)12-14-20-16-15(18(25)23(4)19(26)22(16)3)17(21-14)27-11-10-24-8-6-5-7-9-24/h13H,5-12H2,1-4H3/p+1. The van der Waals surface area contributed by atoms with E-state index < -0.39 is 0 Å². The topological polar surface area (TPSA) is 74.2 Å². The Morgan fingerprint density at radius 1 is 1.07 bits per heavy atom. The van der Waals surface area contributed by atoms with Gasteiger partial charge in [-0.1, -0.05) is 25.6 Å². The monoisotopic (exact) mass is 392 g/mol. The van der Waals surface area contributed by atoms with Crippen LogP contribution in [0, 0.1) is 5.92 Å². The number of quaternary nitrogens is 1. The molecule has 2 aromatic heterocycles. The van der Waals surface area contributed by atoms with Crippen LogP contribution < -0.4 is 16.1 Å². The highest BCUT2D eigenvalue weighted by Gasteiger charge is 2.19. The summed E-state index contributed by atoms with van der Waals surface area (Å²) in [7, 11) is 3.18. The quantitative estimate of drug-likeness (QED) is 0.569. The van der Waals surface area contributed by atoms with Gasteiger partial charge in [-0.2, -0.15) is 0 Å². The fourth-order valence-corrected chi connectivity index (χ4v) is 4.70. The molecule has 27 heavy (non-hydrogen) atoms. The third-order valence-electron chi connectivity index (χ3n) is 5.16. The summed E-state index contributed by atoms with van der Waals surface area (Å²) in [6.07, 6.45) is 4.68. The van der Waals surface area contributed by atoms with Gasteiger partial charge >= 0.3 is 5.69 Å². The molecule has 0 amide bonds. The normalized spacial score (nSPS) is 15.7. The van der Waals surface area contributed by atoms with Crippen LogP contribution in [0.2, 0.25) is 0 Å². The lowest BCUT2D eigenvalue weighted by Crippen LogP contribution is -3.13. The summed E-state index contributed by atoms with van der Waals surface area (Å²) in [4.78, 5) is 36.0. The van der Waals surface area contributed by atoms with E-state index in [4.69, 9.17) is 4.98 Å². The van der Waals surface area contributed by atoms with Gasteiger partial charge in [0.1, 0.15) is 16.2 Å². The van der Waals surface area contributed by atoms with Crippen LogP contribution >= 0.6 is 11.8 Å². The molecule has 3 heterocycles. The zero-order valence-electron chi connectivity index (χ0n) is 16.7. The molecule has 8 heteroatoms. The number of fused-ring (bicyclic) bond motifs is 1. The van der Waals surface area contributed by atoms with Gasteiger partial charge in [0, 0.05) is 26.3 Å². The molecule has 7 nitrogen and oxygen atoms in total. The zero-order valence-corrected chi connectivity index (χ0v) is 17.6. The first-order valence-corrected chi connectivity index (χ1v) is 10.8. The van der Waals surface area contributed by atoms with Gasteiger partial charge in [0.15, 0.2) is 5.65 Å². The molecule has 0 unspecified atom stereocenters. The van der Waals surface area contributed by atoms with E-state index in [1.54, 1.807) is 23.7 Å². The molecule has 1 N–H and O–H groups in total. The van der Waals surface area contributed by atoms with Gasteiger partial charge in [0.2, 0.25) is 0 Å². The van der Waals surface area contributed by atoms with Crippen LogP contribution in [-0.2, 0) is 20.5 Å². The molecule has 1 aliphatic heterocycles. The summed E-state index contributed by atoms with van der Waals surface area (Å²) in [5.41, 5.74) is -0.214. The van der Waals surface area contributed by atoms with Gasteiger partial charge in [0.05, 0.1) is 19.6 Å². The largest absolute Gasteiger partial charge is 0.334 e. The first kappa shape index (κ1) is 20.1. The Bertz CT molecular complexity index is 928. The summed E-state index contributed by atoms with van der Waals surface area (Å²) >= 11 is 1.62. The Balaban J connectivity index is 1.97. The number of thioether (sulfide) groups is 1. The van der Waals surface area contributed by atoms with Gasteiger partial charge in [-0.05, 0) is 25.2 Å². The lowest BCUT2D eigenvalue weighted by Gasteiger charge is -2.23. The van der Waals surface area contributed by atoms with Crippen molar-refractivity contribution in [3.8, 4) is 0 Å². The predicted octanol–water partition coefficient (Wildman–Crippen LogP) is 0.387. The van der Waals surface area contributed by atoms with Crippen LogP contribution in [0.15, 0.2) is 14.6 Å². The second kappa shape index (κ2) is 8.56. The molecule has 0 radical (unpaired) electrons. The molecule has 1 saturated heterocycles. The zero-order chi connectivity index (χ0) is 19.6. The molecule has 0 aliphatic carbocycles. The third-order valence-corrected chi connectivity index (χ3v) is 6.14. The minimum absolute atomic E-state index is 0.308. The molecule has 3 rings (SSSR count). The molecule has 1 fully saturated rings. The number of hydrogen-bond donors (Lipinski definition) is 1. The average Bonchev–Trinajstić information content (AvgIpc) is 2.64. The minimum Gasteiger partial charge on any atom is -0.334 e. The lowest BCUT2D eigenvalue weighted by atomic mass is 10.1. The van der Waals surface area contributed by atoms with E-state index in [2.05, 4.69) is 18.8 Å². The molecule has 148 valence electrons. The Hall–Kier alpha value is -1.67. The molecule has 0 bridgehead atoms. The van der Waals surface area contributed by atoms with Gasteiger partial charge in [0.25, 0.3) is 5.56 Å². The van der Waals surface area contributed by atoms with Crippen molar-refractivity contribution in [1.82, 2.24) is 19.1 Å². The van der Waals surface area contributed by atoms with Gasteiger partial charge in [-0.25, -0.2) is 14.8 Å². The molecule has 2 aromatic rings. The molecule has 0 saturated carbocycles. The highest BCUT2D eigenvalue weighted by atomic mass is 32.2. The fraction of sp³-hybridized carbons (Fsp3) is 0.684. The van der Waals surface area contributed by atoms with Gasteiger partial charge in [-0.15, -0.1) is 0 Å². The maximum Gasteiger partial charge on any atom is 0.332 e. The highest BCUT2D eigenvalue weighted by molar-refractivity contribution is 7.99. The summed E-state index contributed by atoms with van der Waals surface area (Å²) in [6, 6.07) is 0. The smallest absolute Gasteiger partial charge is 0.332 e. The lowest BCUT2D eigenvalue weighted by molar-refractivity contribution is -0.902. The summed E-state index contributed by atoms with van der Waals surface area (Å²) in [5, 5.41) is 1.18. The van der Waals surface area contributed by atoms with Crippen LogP contribution in [0.25, 0.3) is 11.0 Å². The summed E-state index contributed by atoms with van der Waals surface area (Å²) in [6.45, 7) is 7.77. The van der Waals surface area contributed by atoms with Crippen LogP contribution in [0.4, 0.5) is 0 Å². The van der Waals surface area contributed by atoms with Crippen LogP contribution in [0.3, 0.4) is 0 Å².